The summed E-state index contributed by atoms with van der Waals surface area (Å²) in [4.78, 5) is 11.6. The van der Waals surface area contributed by atoms with E-state index < -0.39 is 6.04 Å². The Hall–Kier alpha value is -0.260. The fourth-order valence-electron chi connectivity index (χ4n) is 1.30. The zero-order valence-corrected chi connectivity index (χ0v) is 10.3. The lowest BCUT2D eigenvalue weighted by atomic mass is 10.1. The van der Waals surface area contributed by atoms with E-state index in [2.05, 4.69) is 5.32 Å². The summed E-state index contributed by atoms with van der Waals surface area (Å²) in [7, 11) is 0. The minimum Gasteiger partial charge on any atom is -0.396 e. The first-order valence-electron chi connectivity index (χ1n) is 5.31. The fraction of sp³-hybridized carbons (Fsp3) is 0.900. The van der Waals surface area contributed by atoms with Gasteiger partial charge in [0.05, 0.1) is 6.04 Å². The van der Waals surface area contributed by atoms with Gasteiger partial charge in [0.2, 0.25) is 5.91 Å². The van der Waals surface area contributed by atoms with Crippen LogP contribution >= 0.6 is 11.8 Å². The Morgan fingerprint density at radius 1 is 1.53 bits per heavy atom. The Bertz CT molecular complexity index is 173. The van der Waals surface area contributed by atoms with E-state index in [9.17, 15) is 4.79 Å². The predicted molar refractivity (Wildman–Crippen MR) is 64.9 cm³/mol. The van der Waals surface area contributed by atoms with Gasteiger partial charge in [0.1, 0.15) is 0 Å². The molecule has 0 aromatic carbocycles. The Labute approximate surface area is 96.0 Å². The van der Waals surface area contributed by atoms with Crippen molar-refractivity contribution in [3.63, 3.8) is 0 Å². The van der Waals surface area contributed by atoms with Crippen LogP contribution in [0, 0.1) is 0 Å². The van der Waals surface area contributed by atoms with Crippen molar-refractivity contribution in [2.24, 2.45) is 5.73 Å². The first kappa shape index (κ1) is 14.7. The quantitative estimate of drug-likeness (QED) is 0.566. The molecule has 5 heteroatoms. The number of hydrogen-bond acceptors (Lipinski definition) is 4. The number of nitrogens with two attached hydrogens (primary N) is 1. The molecule has 4 N–H and O–H groups in total. The SMILES string of the molecule is CCCC(N)C(=O)NC(CCO)CSC. The van der Waals surface area contributed by atoms with Gasteiger partial charge in [-0.1, -0.05) is 13.3 Å². The number of amides is 1. The molecule has 0 saturated carbocycles. The first-order chi connectivity index (χ1) is 7.15. The first-order valence-corrected chi connectivity index (χ1v) is 6.70. The minimum absolute atomic E-state index is 0.0282. The Kier molecular flexibility index (Phi) is 8.85. The van der Waals surface area contributed by atoms with Crippen molar-refractivity contribution in [3.05, 3.63) is 0 Å². The van der Waals surface area contributed by atoms with Gasteiger partial charge in [-0.25, -0.2) is 0 Å². The largest absolute Gasteiger partial charge is 0.396 e. The Morgan fingerprint density at radius 3 is 2.67 bits per heavy atom. The number of hydrogen-bond donors (Lipinski definition) is 3. The number of aliphatic hydroxyl groups excluding tert-OH is 1. The van der Waals surface area contributed by atoms with Crippen LogP contribution in [0.2, 0.25) is 0 Å². The molecule has 0 aliphatic rings. The number of carbonyl (C=O) groups excluding carboxylic acids is 1. The maximum atomic E-state index is 11.6. The number of nitrogens with one attached hydrogen (secondary N) is 1. The molecule has 0 spiro atoms. The maximum absolute atomic E-state index is 11.6. The second-order valence-corrected chi connectivity index (χ2v) is 4.48. The average Bonchev–Trinajstić information content (AvgIpc) is 2.18. The standard InChI is InChI=1S/C10H22N2O2S/c1-3-4-9(11)10(14)12-8(5-6-13)7-15-2/h8-9,13H,3-7,11H2,1-2H3,(H,12,14). The monoisotopic (exact) mass is 234 g/mol. The molecule has 2 atom stereocenters. The van der Waals surface area contributed by atoms with Gasteiger partial charge >= 0.3 is 0 Å². The van der Waals surface area contributed by atoms with Crippen LogP contribution in [-0.4, -0.2) is 41.7 Å². The highest BCUT2D eigenvalue weighted by molar-refractivity contribution is 7.98. The molecule has 0 bridgehead atoms. The van der Waals surface area contributed by atoms with Crippen molar-refractivity contribution < 1.29 is 9.90 Å². The van der Waals surface area contributed by atoms with Gasteiger partial charge in [-0.2, -0.15) is 11.8 Å². The van der Waals surface area contributed by atoms with Crippen LogP contribution < -0.4 is 11.1 Å². The molecule has 0 aliphatic heterocycles. The van der Waals surface area contributed by atoms with Gasteiger partial charge in [-0.05, 0) is 19.1 Å². The lowest BCUT2D eigenvalue weighted by Gasteiger charge is -2.19. The third-order valence-electron chi connectivity index (χ3n) is 2.13. The van der Waals surface area contributed by atoms with Crippen LogP contribution in [0.5, 0.6) is 0 Å². The van der Waals surface area contributed by atoms with E-state index in [-0.39, 0.29) is 18.6 Å². The van der Waals surface area contributed by atoms with Crippen LogP contribution in [0.25, 0.3) is 0 Å². The number of carbonyl (C=O) groups is 1. The molecule has 1 amide bonds. The molecular weight excluding hydrogens is 212 g/mol. The molecule has 0 aliphatic carbocycles. The van der Waals surface area contributed by atoms with Crippen LogP contribution in [0.15, 0.2) is 0 Å². The average molecular weight is 234 g/mol. The fourth-order valence-corrected chi connectivity index (χ4v) is 1.96. The zero-order valence-electron chi connectivity index (χ0n) is 9.53. The molecule has 90 valence electrons. The van der Waals surface area contributed by atoms with E-state index in [4.69, 9.17) is 10.8 Å². The summed E-state index contributed by atoms with van der Waals surface area (Å²) in [5.41, 5.74) is 5.69. The van der Waals surface area contributed by atoms with Gasteiger partial charge in [-0.3, -0.25) is 4.79 Å². The van der Waals surface area contributed by atoms with Crippen molar-refractivity contribution in [1.29, 1.82) is 0 Å². The molecule has 0 rings (SSSR count). The highest BCUT2D eigenvalue weighted by Crippen LogP contribution is 2.02. The second kappa shape index (κ2) is 9.00. The lowest BCUT2D eigenvalue weighted by molar-refractivity contribution is -0.123. The molecule has 4 nitrogen and oxygen atoms in total. The predicted octanol–water partition coefficient (Wildman–Crippen LogP) is 0.344. The van der Waals surface area contributed by atoms with E-state index in [1.165, 1.54) is 0 Å². The summed E-state index contributed by atoms with van der Waals surface area (Å²) < 4.78 is 0. The van der Waals surface area contributed by atoms with Crippen LogP contribution in [0.4, 0.5) is 0 Å². The summed E-state index contributed by atoms with van der Waals surface area (Å²) in [6, 6.07) is -0.390. The van der Waals surface area contributed by atoms with E-state index in [0.717, 1.165) is 12.2 Å². The van der Waals surface area contributed by atoms with Gasteiger partial charge in [0.25, 0.3) is 0 Å². The lowest BCUT2D eigenvalue weighted by Crippen LogP contribution is -2.46. The van der Waals surface area contributed by atoms with E-state index in [1.54, 1.807) is 11.8 Å². The summed E-state index contributed by atoms with van der Waals surface area (Å²) in [5, 5.41) is 11.7. The minimum atomic E-state index is -0.418. The van der Waals surface area contributed by atoms with Crippen molar-refractivity contribution in [2.45, 2.75) is 38.3 Å². The number of thioether (sulfide) groups is 1. The Balaban J connectivity index is 3.97. The molecule has 0 heterocycles. The molecule has 0 saturated heterocycles. The van der Waals surface area contributed by atoms with Gasteiger partial charge < -0.3 is 16.2 Å². The molecular formula is C10H22N2O2S. The van der Waals surface area contributed by atoms with E-state index in [1.807, 2.05) is 13.2 Å². The van der Waals surface area contributed by atoms with Crippen molar-refractivity contribution in [1.82, 2.24) is 5.32 Å². The Morgan fingerprint density at radius 2 is 2.20 bits per heavy atom. The molecule has 15 heavy (non-hydrogen) atoms. The van der Waals surface area contributed by atoms with Gasteiger partial charge in [-0.15, -0.1) is 0 Å². The molecule has 0 fully saturated rings. The normalized spacial score (nSPS) is 14.7. The van der Waals surface area contributed by atoms with Crippen molar-refractivity contribution in [3.8, 4) is 0 Å². The van der Waals surface area contributed by atoms with E-state index in [0.29, 0.717) is 12.8 Å². The molecule has 0 aromatic rings. The molecule has 0 radical (unpaired) electrons. The second-order valence-electron chi connectivity index (χ2n) is 3.57. The van der Waals surface area contributed by atoms with Crippen LogP contribution in [-0.2, 0) is 4.79 Å². The highest BCUT2D eigenvalue weighted by atomic mass is 32.2. The third kappa shape index (κ3) is 6.76. The smallest absolute Gasteiger partial charge is 0.237 e. The summed E-state index contributed by atoms with van der Waals surface area (Å²) in [6.07, 6.45) is 4.17. The van der Waals surface area contributed by atoms with Crippen molar-refractivity contribution in [2.75, 3.05) is 18.6 Å². The van der Waals surface area contributed by atoms with Gasteiger partial charge in [0, 0.05) is 18.4 Å². The zero-order chi connectivity index (χ0) is 11.7. The van der Waals surface area contributed by atoms with Gasteiger partial charge in [0.15, 0.2) is 0 Å². The number of rotatable bonds is 8. The topological polar surface area (TPSA) is 75.4 Å². The highest BCUT2D eigenvalue weighted by Gasteiger charge is 2.16. The summed E-state index contributed by atoms with van der Waals surface area (Å²) >= 11 is 1.65. The maximum Gasteiger partial charge on any atom is 0.237 e. The van der Waals surface area contributed by atoms with Crippen LogP contribution in [0.1, 0.15) is 26.2 Å². The van der Waals surface area contributed by atoms with Crippen LogP contribution in [0.3, 0.4) is 0 Å². The summed E-state index contributed by atoms with van der Waals surface area (Å²) in [6.45, 7) is 2.09. The molecule has 2 unspecified atom stereocenters. The van der Waals surface area contributed by atoms with Crippen molar-refractivity contribution >= 4 is 17.7 Å². The summed E-state index contributed by atoms with van der Waals surface area (Å²) in [5.74, 6) is 0.704. The number of aliphatic hydroxyl groups is 1. The van der Waals surface area contributed by atoms with E-state index >= 15 is 0 Å². The molecule has 0 aromatic heterocycles. The third-order valence-corrected chi connectivity index (χ3v) is 2.86.